The van der Waals surface area contributed by atoms with Crippen LogP contribution in [0, 0.1) is 5.39 Å². The van der Waals surface area contributed by atoms with Gasteiger partial charge in [-0.3, -0.25) is 4.79 Å². The summed E-state index contributed by atoms with van der Waals surface area (Å²) in [6.45, 7) is 4.58. The summed E-state index contributed by atoms with van der Waals surface area (Å²) in [5.41, 5.74) is 0.290. The molecule has 0 saturated heterocycles. The van der Waals surface area contributed by atoms with E-state index in [0.717, 1.165) is 4.90 Å². The zero-order chi connectivity index (χ0) is 15.0. The van der Waals surface area contributed by atoms with Gasteiger partial charge in [0.25, 0.3) is 0 Å². The molecule has 21 heavy (non-hydrogen) atoms. The van der Waals surface area contributed by atoms with Crippen LogP contribution in [0.2, 0.25) is 0 Å². The highest BCUT2D eigenvalue weighted by Gasteiger charge is 2.21. The Morgan fingerprint density at radius 2 is 1.90 bits per heavy atom. The molecule has 0 radical (unpaired) electrons. The lowest BCUT2D eigenvalue weighted by atomic mass is 10.3. The average molecular weight is 333 g/mol. The maximum Gasteiger partial charge on any atom is 0.430 e. The number of ether oxygens (including phenoxy) is 2. The van der Waals surface area contributed by atoms with Gasteiger partial charge >= 0.3 is 11.7 Å². The van der Waals surface area contributed by atoms with E-state index in [1.54, 1.807) is 12.1 Å². The van der Waals surface area contributed by atoms with Gasteiger partial charge in [0.1, 0.15) is 5.75 Å². The van der Waals surface area contributed by atoms with E-state index in [1.807, 2.05) is 13.8 Å². The van der Waals surface area contributed by atoms with Crippen LogP contribution in [0.25, 0.3) is 4.98 Å². The number of carbonyl (C=O) groups is 1. The Morgan fingerprint density at radius 1 is 1.29 bits per heavy atom. The van der Waals surface area contributed by atoms with Gasteiger partial charge in [0, 0.05) is 11.8 Å². The maximum absolute atomic E-state index is 10.6. The van der Waals surface area contributed by atoms with E-state index in [1.165, 1.54) is 11.8 Å². The van der Waals surface area contributed by atoms with Crippen LogP contribution < -0.4 is 21.9 Å². The highest BCUT2D eigenvalue weighted by molar-refractivity contribution is 7.99. The summed E-state index contributed by atoms with van der Waals surface area (Å²) in [4.78, 5) is 14.5. The third-order valence-corrected chi connectivity index (χ3v) is 3.34. The zero-order valence-corrected chi connectivity index (χ0v) is 13.4. The second-order valence-electron chi connectivity index (χ2n) is 3.72. The van der Waals surface area contributed by atoms with Gasteiger partial charge in [0.15, 0.2) is 4.98 Å². The molecule has 0 aromatic heterocycles. The quantitative estimate of drug-likeness (QED) is 0.552. The number of rotatable bonds is 8. The molecule has 0 aliphatic rings. The minimum absolute atomic E-state index is 0. The second-order valence-corrected chi connectivity index (χ2v) is 4.86. The van der Waals surface area contributed by atoms with Crippen LogP contribution in [-0.4, -0.2) is 30.0 Å². The smallest absolute Gasteiger partial charge is 0.430 e. The summed E-state index contributed by atoms with van der Waals surface area (Å²) in [5, 5.41) is 17.7. The summed E-state index contributed by atoms with van der Waals surface area (Å²) in [6, 6.07) is 3.29. The van der Waals surface area contributed by atoms with Crippen molar-refractivity contribution in [1.29, 1.82) is 5.39 Å². The molecule has 1 rings (SSSR count). The van der Waals surface area contributed by atoms with E-state index in [-0.39, 0.29) is 24.5 Å². The number of hydrogen-bond acceptors (Lipinski definition) is 5. The molecule has 116 valence electrons. The fraction of sp³-hybridized carbons (Fsp3) is 0.462. The number of hydrogen-bond donors (Lipinski definition) is 1. The van der Waals surface area contributed by atoms with Gasteiger partial charge in [0.2, 0.25) is 11.1 Å². The lowest BCUT2D eigenvalue weighted by Gasteiger charge is -2.10. The molecule has 0 aliphatic carbocycles. The van der Waals surface area contributed by atoms with E-state index >= 15 is 0 Å². The Labute approximate surface area is 133 Å². The van der Waals surface area contributed by atoms with Crippen molar-refractivity contribution in [2.24, 2.45) is 0 Å². The van der Waals surface area contributed by atoms with Gasteiger partial charge in [0.05, 0.1) is 30.6 Å². The molecule has 0 fully saturated rings. The normalized spacial score (nSPS) is 9.38. The van der Waals surface area contributed by atoms with Crippen LogP contribution in [0.15, 0.2) is 17.0 Å². The monoisotopic (exact) mass is 332 g/mol. The molecule has 0 unspecified atom stereocenters. The summed E-state index contributed by atoms with van der Waals surface area (Å²) in [6.07, 6.45) is 0.0618. The first-order valence-electron chi connectivity index (χ1n) is 6.25. The maximum atomic E-state index is 10.6. The van der Waals surface area contributed by atoms with Crippen molar-refractivity contribution in [1.82, 2.24) is 0 Å². The van der Waals surface area contributed by atoms with Crippen molar-refractivity contribution in [3.63, 3.8) is 0 Å². The summed E-state index contributed by atoms with van der Waals surface area (Å²) >= 11 is 1.37. The summed E-state index contributed by atoms with van der Waals surface area (Å²) in [7, 11) is 0. The van der Waals surface area contributed by atoms with Crippen molar-refractivity contribution < 1.29 is 31.8 Å². The number of diazo groups is 1. The fourth-order valence-corrected chi connectivity index (χ4v) is 2.46. The van der Waals surface area contributed by atoms with Gasteiger partial charge < -0.3 is 27.0 Å². The predicted molar refractivity (Wildman–Crippen MR) is 76.5 cm³/mol. The lowest BCUT2D eigenvalue weighted by molar-refractivity contribution is -0.136. The van der Waals surface area contributed by atoms with Crippen molar-refractivity contribution in [2.45, 2.75) is 25.2 Å². The van der Waals surface area contributed by atoms with Gasteiger partial charge in [-0.1, -0.05) is 0 Å². The number of thioether (sulfide) groups is 1. The highest BCUT2D eigenvalue weighted by atomic mass is 35.5. The molecular formula is C13H17ClN2O4S. The molecule has 0 atom stereocenters. The molecule has 0 amide bonds. The van der Waals surface area contributed by atoms with E-state index in [2.05, 4.69) is 4.98 Å². The Balaban J connectivity index is 0.00000400. The van der Waals surface area contributed by atoms with Crippen LogP contribution in [-0.2, 0) is 4.79 Å². The van der Waals surface area contributed by atoms with E-state index < -0.39 is 5.97 Å². The highest BCUT2D eigenvalue weighted by Crippen LogP contribution is 2.40. The zero-order valence-electron chi connectivity index (χ0n) is 11.8. The molecule has 1 aromatic carbocycles. The molecule has 0 saturated carbocycles. The number of halogens is 1. The number of benzene rings is 1. The van der Waals surface area contributed by atoms with Crippen molar-refractivity contribution in [2.75, 3.05) is 19.0 Å². The van der Waals surface area contributed by atoms with Crippen molar-refractivity contribution >= 4 is 23.4 Å². The first kappa shape index (κ1) is 19.4. The number of nitrogens with zero attached hydrogens (tertiary/aromatic N) is 2. The number of carboxylic acids is 1. The number of carboxylic acid groups (broad SMARTS) is 1. The molecule has 0 spiro atoms. The largest absolute Gasteiger partial charge is 1.00 e. The molecule has 0 heterocycles. The summed E-state index contributed by atoms with van der Waals surface area (Å²) < 4.78 is 10.9. The molecule has 8 heteroatoms. The predicted octanol–water partition coefficient (Wildman–Crippen LogP) is 0.539. The van der Waals surface area contributed by atoms with Gasteiger partial charge in [-0.15, -0.1) is 11.8 Å². The minimum Gasteiger partial charge on any atom is -1.00 e. The van der Waals surface area contributed by atoms with Crippen LogP contribution in [0.5, 0.6) is 11.5 Å². The summed E-state index contributed by atoms with van der Waals surface area (Å²) in [5.74, 6) is 0.578. The first-order valence-corrected chi connectivity index (χ1v) is 7.24. The van der Waals surface area contributed by atoms with Crippen molar-refractivity contribution in [3.8, 4) is 11.5 Å². The molecule has 0 aliphatic heterocycles. The third kappa shape index (κ3) is 6.10. The van der Waals surface area contributed by atoms with Crippen LogP contribution in [0.1, 0.15) is 20.3 Å². The fourth-order valence-electron chi connectivity index (χ4n) is 1.51. The van der Waals surface area contributed by atoms with Gasteiger partial charge in [-0.05, 0) is 13.8 Å². The standard InChI is InChI=1S/C13H16N2O4S.ClH/c1-3-18-10-8-12(20-6-5-13(16)17)11(19-4-2)7-9(10)15-14;/h7-8H,3-6H2,1-2H3;1H. The Bertz CT molecular complexity index is 520. The minimum atomic E-state index is -0.845. The molecule has 6 nitrogen and oxygen atoms in total. The molecule has 1 aromatic rings. The van der Waals surface area contributed by atoms with E-state index in [0.29, 0.717) is 30.5 Å². The topological polar surface area (TPSA) is 83.9 Å². The van der Waals surface area contributed by atoms with E-state index in [9.17, 15) is 4.79 Å². The lowest BCUT2D eigenvalue weighted by Crippen LogP contribution is -3.00. The first-order chi connectivity index (χ1) is 9.62. The van der Waals surface area contributed by atoms with Crippen LogP contribution in [0.4, 0.5) is 5.69 Å². The Kier molecular flexibility index (Phi) is 9.34. The molecular weight excluding hydrogens is 316 g/mol. The van der Waals surface area contributed by atoms with Gasteiger partial charge in [-0.2, -0.15) is 0 Å². The van der Waals surface area contributed by atoms with Crippen molar-refractivity contribution in [3.05, 3.63) is 17.1 Å². The Morgan fingerprint density at radius 3 is 2.43 bits per heavy atom. The average Bonchev–Trinajstić information content (AvgIpc) is 2.41. The number of aliphatic carboxylic acids is 1. The SMILES string of the molecule is CCOc1cc(SCCC(=O)O)c(OCC)cc1[N+]#N.[Cl-]. The van der Waals surface area contributed by atoms with Gasteiger partial charge in [-0.25, -0.2) is 0 Å². The Hall–Kier alpha value is -1.65. The van der Waals surface area contributed by atoms with Crippen LogP contribution >= 0.6 is 11.8 Å². The van der Waals surface area contributed by atoms with E-state index in [4.69, 9.17) is 20.0 Å². The van der Waals surface area contributed by atoms with Crippen LogP contribution in [0.3, 0.4) is 0 Å². The second kappa shape index (κ2) is 10.1. The molecule has 0 bridgehead atoms. The molecule has 1 N–H and O–H groups in total. The third-order valence-electron chi connectivity index (χ3n) is 2.31.